The summed E-state index contributed by atoms with van der Waals surface area (Å²) in [5.41, 5.74) is 22.0. The quantitative estimate of drug-likeness (QED) is 0.119. The smallest absolute Gasteiger partial charge is 0.126 e. The van der Waals surface area contributed by atoms with E-state index in [4.69, 9.17) is 18.9 Å². The van der Waals surface area contributed by atoms with Crippen molar-refractivity contribution in [2.45, 2.75) is 287 Å². The number of phenolic OH excluding ortho intramolecular Hbond substituents is 4. The first-order valence-electron chi connectivity index (χ1n) is 39.8. The Kier molecular flexibility index (Phi) is 21.2. The van der Waals surface area contributed by atoms with E-state index >= 15 is 0 Å². The SMILES string of the molecule is CC(C)(C)c1cc2c(O)c(c1)Cc1cc(C(C)(C)C)cc3c1OCc1cccc(c1)COc1c4cc(C(C)(C)C)cc1Cc1cc(C(C)(C)C)cc(c1O)Cc1cc(C(C)(C)C)cc(c1OCCCCOc1c(cc(C(C)(C)C)cc1Cc1cc(C(C)(C)C)cc(c1O)C4)C2)Cc1cc(C(C)(C)C)cc(c1O)C3. The molecule has 4 aliphatic heterocycles. The molecular formula is C100H124O8. The lowest BCUT2D eigenvalue weighted by molar-refractivity contribution is 0.261. The molecule has 22 bridgehead atoms. The molecule has 4 N–H and O–H groups in total. The Morgan fingerprint density at radius 1 is 0.213 bits per heavy atom. The van der Waals surface area contributed by atoms with Crippen molar-refractivity contribution < 1.29 is 39.4 Å². The molecule has 0 spiro atoms. The maximum Gasteiger partial charge on any atom is 0.126 e. The van der Waals surface area contributed by atoms with Crippen molar-refractivity contribution in [2.75, 3.05) is 13.2 Å². The lowest BCUT2D eigenvalue weighted by Gasteiger charge is -2.28. The second kappa shape index (κ2) is 29.0. The van der Waals surface area contributed by atoms with Crippen LogP contribution in [0.5, 0.6) is 46.0 Å². The minimum Gasteiger partial charge on any atom is -0.507 e. The van der Waals surface area contributed by atoms with Gasteiger partial charge in [-0.3, -0.25) is 0 Å². The van der Waals surface area contributed by atoms with Crippen LogP contribution in [0, 0.1) is 0 Å². The first kappa shape index (κ1) is 78.9. The summed E-state index contributed by atoms with van der Waals surface area (Å²) in [5.74, 6) is 3.81. The molecular weight excluding hydrogens is 1330 g/mol. The molecule has 4 aliphatic rings. The molecule has 13 rings (SSSR count). The van der Waals surface area contributed by atoms with Gasteiger partial charge in [0.15, 0.2) is 0 Å². The van der Waals surface area contributed by atoms with Gasteiger partial charge in [-0.2, -0.15) is 0 Å². The van der Waals surface area contributed by atoms with Crippen LogP contribution in [0.4, 0.5) is 0 Å². The molecule has 8 nitrogen and oxygen atoms in total. The molecule has 0 aliphatic carbocycles. The van der Waals surface area contributed by atoms with E-state index < -0.39 is 0 Å². The third kappa shape index (κ3) is 17.3. The lowest BCUT2D eigenvalue weighted by Crippen LogP contribution is -2.16. The molecule has 0 saturated carbocycles. The van der Waals surface area contributed by atoms with E-state index in [0.717, 1.165) is 156 Å². The van der Waals surface area contributed by atoms with Crippen LogP contribution >= 0.6 is 0 Å². The first-order chi connectivity index (χ1) is 50.1. The second-order valence-electron chi connectivity index (χ2n) is 40.3. The number of hydrogen-bond acceptors (Lipinski definition) is 8. The maximum atomic E-state index is 13.5. The Bertz CT molecular complexity index is 4380. The highest BCUT2D eigenvalue weighted by Crippen LogP contribution is 2.48. The highest BCUT2D eigenvalue weighted by molar-refractivity contribution is 5.63. The minimum atomic E-state index is -0.327. The molecule has 0 amide bonds. The molecule has 4 heterocycles. The monoisotopic (exact) mass is 1450 g/mol. The van der Waals surface area contributed by atoms with Gasteiger partial charge in [0, 0.05) is 51.4 Å². The Morgan fingerprint density at radius 2 is 0.370 bits per heavy atom. The molecule has 0 fully saturated rings. The van der Waals surface area contributed by atoms with Crippen LogP contribution in [-0.4, -0.2) is 33.6 Å². The number of hydrogen-bond donors (Lipinski definition) is 4. The van der Waals surface area contributed by atoms with Gasteiger partial charge in [0.1, 0.15) is 59.2 Å². The van der Waals surface area contributed by atoms with Crippen molar-refractivity contribution >= 4 is 0 Å². The summed E-state index contributed by atoms with van der Waals surface area (Å²) in [6, 6.07) is 44.6. The van der Waals surface area contributed by atoms with Gasteiger partial charge >= 0.3 is 0 Å². The molecule has 0 unspecified atom stereocenters. The van der Waals surface area contributed by atoms with E-state index in [9.17, 15) is 20.4 Å². The van der Waals surface area contributed by atoms with E-state index in [1.165, 1.54) is 0 Å². The minimum absolute atomic E-state index is 0.208. The molecule has 108 heavy (non-hydrogen) atoms. The van der Waals surface area contributed by atoms with Gasteiger partial charge in [0.05, 0.1) is 13.2 Å². The fourth-order valence-corrected chi connectivity index (χ4v) is 15.7. The molecule has 0 atom stereocenters. The third-order valence-electron chi connectivity index (χ3n) is 22.8. The van der Waals surface area contributed by atoms with Crippen molar-refractivity contribution in [3.63, 3.8) is 0 Å². The van der Waals surface area contributed by atoms with E-state index in [1.54, 1.807) is 0 Å². The summed E-state index contributed by atoms with van der Waals surface area (Å²) < 4.78 is 30.0. The van der Waals surface area contributed by atoms with Crippen LogP contribution in [0.2, 0.25) is 0 Å². The second-order valence-corrected chi connectivity index (χ2v) is 40.3. The van der Waals surface area contributed by atoms with E-state index in [0.29, 0.717) is 88.9 Å². The largest absolute Gasteiger partial charge is 0.507 e. The van der Waals surface area contributed by atoms with Gasteiger partial charge in [-0.05, 0) is 207 Å². The average molecular weight is 1450 g/mol. The highest BCUT2D eigenvalue weighted by atomic mass is 16.5. The standard InChI is InChI=1S/C100H124O8/c1-93(2,3)77-41-61-33-69-49-81(97(13,14)15)50-70-34-62-42-78(94(4,5)6)47-67(86(62)102)39-75-55-84(100(22,23)24)56-76-40-68-48-80(96(10,11)12)44-64(88(68)104)36-72-52-82(98(16,17)18)51-71(90(72)106-31-26-25-30-105-89(69)70)35-63-43-79(95(7,8)9)46-66(87(63)103)38-74-54-83(99(19,20)21)53-73(37-65(45-77)85(61)101)91(74)107-57-59-28-27-29-60(32-59)58-108-92(75)76/h27-29,32,41-56,101-104H,25-26,30-31,33-40,57-58H2,1-24H3. The molecule has 8 heteroatoms. The Hall–Kier alpha value is -8.62. The average Bonchev–Trinajstić information content (AvgIpc) is 0.797. The maximum absolute atomic E-state index is 13.5. The van der Waals surface area contributed by atoms with Crippen LogP contribution in [0.25, 0.3) is 0 Å². The van der Waals surface area contributed by atoms with Gasteiger partial charge in [-0.1, -0.05) is 281 Å². The first-order valence-corrected chi connectivity index (χ1v) is 39.8. The predicted molar refractivity (Wildman–Crippen MR) is 446 cm³/mol. The van der Waals surface area contributed by atoms with Crippen molar-refractivity contribution in [1.82, 2.24) is 0 Å². The van der Waals surface area contributed by atoms with E-state index in [1.807, 2.05) is 0 Å². The van der Waals surface area contributed by atoms with Gasteiger partial charge in [-0.25, -0.2) is 0 Å². The number of ether oxygens (including phenoxy) is 4. The predicted octanol–water partition coefficient (Wildman–Crippen LogP) is 24.0. The highest BCUT2D eigenvalue weighted by Gasteiger charge is 2.33. The van der Waals surface area contributed by atoms with Crippen LogP contribution in [0.1, 0.15) is 324 Å². The van der Waals surface area contributed by atoms with E-state index in [-0.39, 0.29) is 79.5 Å². The summed E-state index contributed by atoms with van der Waals surface area (Å²) in [7, 11) is 0. The van der Waals surface area contributed by atoms with Crippen LogP contribution in [0.3, 0.4) is 0 Å². The van der Waals surface area contributed by atoms with Crippen molar-refractivity contribution in [1.29, 1.82) is 0 Å². The lowest BCUT2D eigenvalue weighted by atomic mass is 9.79. The third-order valence-corrected chi connectivity index (χ3v) is 22.8. The van der Waals surface area contributed by atoms with Crippen molar-refractivity contribution in [2.24, 2.45) is 0 Å². The van der Waals surface area contributed by atoms with Crippen LogP contribution in [0.15, 0.2) is 121 Å². The number of benzene rings is 9. The Morgan fingerprint density at radius 3 is 0.537 bits per heavy atom. The molecule has 0 aromatic heterocycles. The van der Waals surface area contributed by atoms with Crippen LogP contribution < -0.4 is 18.9 Å². The van der Waals surface area contributed by atoms with Gasteiger partial charge in [0.2, 0.25) is 0 Å². The zero-order chi connectivity index (χ0) is 78.5. The number of fused-ring (bicyclic) bond motifs is 7. The number of aromatic hydroxyl groups is 4. The summed E-state index contributed by atoms with van der Waals surface area (Å²) in [6.07, 6.45) is 4.10. The molecule has 0 radical (unpaired) electrons. The topological polar surface area (TPSA) is 118 Å². The molecule has 572 valence electrons. The van der Waals surface area contributed by atoms with Gasteiger partial charge in [0.25, 0.3) is 0 Å². The summed E-state index contributed by atoms with van der Waals surface area (Å²) >= 11 is 0. The molecule has 9 aromatic carbocycles. The van der Waals surface area contributed by atoms with Crippen molar-refractivity contribution in [3.8, 4) is 46.0 Å². The zero-order valence-electron chi connectivity index (χ0n) is 69.9. The van der Waals surface area contributed by atoms with Crippen molar-refractivity contribution in [3.05, 3.63) is 266 Å². The van der Waals surface area contributed by atoms with Crippen LogP contribution in [-0.2, 0) is 108 Å². The fraction of sp³-hybridized carbons (Fsp3) is 0.460. The number of rotatable bonds is 0. The number of phenols is 4. The summed E-state index contributed by atoms with van der Waals surface area (Å²) in [5, 5.41) is 54.0. The van der Waals surface area contributed by atoms with E-state index in [2.05, 4.69) is 287 Å². The normalized spacial score (nSPS) is 15.1. The molecule has 0 saturated heterocycles. The van der Waals surface area contributed by atoms with Gasteiger partial charge < -0.3 is 39.4 Å². The molecule has 9 aromatic rings. The fourth-order valence-electron chi connectivity index (χ4n) is 15.7. The summed E-state index contributed by atoms with van der Waals surface area (Å²) in [6.45, 7) is 55.2. The summed E-state index contributed by atoms with van der Waals surface area (Å²) in [4.78, 5) is 0. The Balaban J connectivity index is 1.26. The van der Waals surface area contributed by atoms with Gasteiger partial charge in [-0.15, -0.1) is 0 Å². The zero-order valence-corrected chi connectivity index (χ0v) is 69.9. The Labute approximate surface area is 647 Å².